The van der Waals surface area contributed by atoms with Crippen LogP contribution in [-0.4, -0.2) is 60.2 Å². The average molecular weight is 436 g/mol. The van der Waals surface area contributed by atoms with Crippen LogP contribution in [0.4, 0.5) is 10.6 Å². The van der Waals surface area contributed by atoms with Crippen molar-refractivity contribution in [2.24, 2.45) is 0 Å². The molecular formula is C21H24N8O3. The number of rotatable bonds is 5. The molecule has 0 saturated heterocycles. The molecule has 0 aromatic carbocycles. The number of fused-ring (bicyclic) bond motifs is 1. The summed E-state index contributed by atoms with van der Waals surface area (Å²) < 4.78 is 6.75. The van der Waals surface area contributed by atoms with E-state index in [-0.39, 0.29) is 17.8 Å². The number of aromatic nitrogens is 6. The molecule has 2 amide bonds. The molecule has 166 valence electrons. The smallest absolute Gasteiger partial charge is 0.410 e. The summed E-state index contributed by atoms with van der Waals surface area (Å²) in [5.41, 5.74) is 2.68. The van der Waals surface area contributed by atoms with Crippen LogP contribution in [0.25, 0.3) is 11.5 Å². The Hall–Kier alpha value is -3.89. The lowest BCUT2D eigenvalue weighted by Crippen LogP contribution is -2.36. The van der Waals surface area contributed by atoms with Crippen LogP contribution < -0.4 is 5.32 Å². The third-order valence-corrected chi connectivity index (χ3v) is 5.06. The second-order valence-corrected chi connectivity index (χ2v) is 7.61. The summed E-state index contributed by atoms with van der Waals surface area (Å²) in [5, 5.41) is 14.5. The Morgan fingerprint density at radius 1 is 1.25 bits per heavy atom. The number of hydrogen-bond donors (Lipinski definition) is 1. The van der Waals surface area contributed by atoms with Crippen LogP contribution in [0, 0.1) is 0 Å². The monoisotopic (exact) mass is 436 g/mol. The zero-order chi connectivity index (χ0) is 22.7. The molecule has 0 fully saturated rings. The van der Waals surface area contributed by atoms with E-state index in [0.29, 0.717) is 43.5 Å². The standard InChI is InChI=1S/C21H24N8O3/c1-4-32-21(31)28-9-8-14-11-22-17(10-15(14)12-28)20(30)24-18-7-5-6-16(23-18)19-25-26-27-29(19)13(2)3/h5-7,10-11,13H,4,8-9,12H2,1-3H3,(H,23,24,30). The van der Waals surface area contributed by atoms with Crippen LogP contribution in [0.2, 0.25) is 0 Å². The number of pyridine rings is 2. The number of hydrogen-bond acceptors (Lipinski definition) is 8. The van der Waals surface area contributed by atoms with Crippen molar-refractivity contribution in [2.45, 2.75) is 39.8 Å². The van der Waals surface area contributed by atoms with Gasteiger partial charge in [-0.05, 0) is 66.9 Å². The molecule has 0 atom stereocenters. The summed E-state index contributed by atoms with van der Waals surface area (Å²) in [6, 6.07) is 7.01. The van der Waals surface area contributed by atoms with Gasteiger partial charge in [-0.1, -0.05) is 6.07 Å². The average Bonchev–Trinajstić information content (AvgIpc) is 3.29. The molecule has 0 aliphatic carbocycles. The Morgan fingerprint density at radius 3 is 2.88 bits per heavy atom. The first-order chi connectivity index (χ1) is 15.5. The van der Waals surface area contributed by atoms with Crippen LogP contribution in [0.1, 0.15) is 48.4 Å². The lowest BCUT2D eigenvalue weighted by molar-refractivity contribution is 0.102. The van der Waals surface area contributed by atoms with E-state index < -0.39 is 5.91 Å². The van der Waals surface area contributed by atoms with E-state index in [9.17, 15) is 9.59 Å². The van der Waals surface area contributed by atoms with Crippen molar-refractivity contribution in [1.82, 2.24) is 35.1 Å². The summed E-state index contributed by atoms with van der Waals surface area (Å²) in [6.07, 6.45) is 2.00. The van der Waals surface area contributed by atoms with Crippen LogP contribution >= 0.6 is 0 Å². The molecule has 11 heteroatoms. The van der Waals surface area contributed by atoms with Crippen molar-refractivity contribution in [3.63, 3.8) is 0 Å². The highest BCUT2D eigenvalue weighted by molar-refractivity contribution is 6.02. The molecule has 1 aliphatic rings. The predicted molar refractivity (Wildman–Crippen MR) is 115 cm³/mol. The second kappa shape index (κ2) is 9.08. The van der Waals surface area contributed by atoms with E-state index in [1.807, 2.05) is 13.8 Å². The van der Waals surface area contributed by atoms with Gasteiger partial charge in [-0.3, -0.25) is 9.78 Å². The topological polar surface area (TPSA) is 128 Å². The molecule has 0 radical (unpaired) electrons. The van der Waals surface area contributed by atoms with Gasteiger partial charge in [0, 0.05) is 19.3 Å². The minimum absolute atomic E-state index is 0.0638. The Bertz CT molecular complexity index is 1140. The van der Waals surface area contributed by atoms with Crippen molar-refractivity contribution in [2.75, 3.05) is 18.5 Å². The van der Waals surface area contributed by atoms with Crippen molar-refractivity contribution >= 4 is 17.8 Å². The lowest BCUT2D eigenvalue weighted by Gasteiger charge is -2.28. The van der Waals surface area contributed by atoms with Gasteiger partial charge in [-0.25, -0.2) is 14.5 Å². The lowest BCUT2D eigenvalue weighted by atomic mass is 10.0. The Balaban J connectivity index is 1.51. The van der Waals surface area contributed by atoms with Crippen molar-refractivity contribution < 1.29 is 14.3 Å². The highest BCUT2D eigenvalue weighted by atomic mass is 16.6. The fourth-order valence-electron chi connectivity index (χ4n) is 3.45. The van der Waals surface area contributed by atoms with E-state index >= 15 is 0 Å². The Morgan fingerprint density at radius 2 is 2.09 bits per heavy atom. The number of anilines is 1. The van der Waals surface area contributed by atoms with Gasteiger partial charge in [-0.15, -0.1) is 5.10 Å². The Kier molecular flexibility index (Phi) is 6.06. The van der Waals surface area contributed by atoms with E-state index in [1.165, 1.54) is 0 Å². The molecule has 4 rings (SSSR count). The van der Waals surface area contributed by atoms with E-state index in [4.69, 9.17) is 4.74 Å². The second-order valence-electron chi connectivity index (χ2n) is 7.61. The molecule has 3 aromatic rings. The number of carbonyl (C=O) groups excluding carboxylic acids is 2. The number of carbonyl (C=O) groups is 2. The first kappa shape index (κ1) is 21.3. The first-order valence-electron chi connectivity index (χ1n) is 10.4. The van der Waals surface area contributed by atoms with Gasteiger partial charge >= 0.3 is 6.09 Å². The summed E-state index contributed by atoms with van der Waals surface area (Å²) in [6.45, 7) is 6.97. The van der Waals surface area contributed by atoms with Gasteiger partial charge in [0.2, 0.25) is 5.82 Å². The van der Waals surface area contributed by atoms with Gasteiger partial charge in [-0.2, -0.15) is 0 Å². The molecule has 11 nitrogen and oxygen atoms in total. The predicted octanol–water partition coefficient (Wildman–Crippen LogP) is 2.48. The van der Waals surface area contributed by atoms with E-state index in [1.54, 1.807) is 47.0 Å². The molecule has 32 heavy (non-hydrogen) atoms. The van der Waals surface area contributed by atoms with Gasteiger partial charge in [0.15, 0.2) is 0 Å². The third-order valence-electron chi connectivity index (χ3n) is 5.06. The fraction of sp³-hybridized carbons (Fsp3) is 0.381. The molecular weight excluding hydrogens is 412 g/mol. The van der Waals surface area contributed by atoms with Gasteiger partial charge < -0.3 is 15.0 Å². The first-order valence-corrected chi connectivity index (χ1v) is 10.4. The maximum absolute atomic E-state index is 12.8. The van der Waals surface area contributed by atoms with Crippen molar-refractivity contribution in [1.29, 1.82) is 0 Å². The SMILES string of the molecule is CCOC(=O)N1CCc2cnc(C(=O)Nc3cccc(-c4nnnn4C(C)C)n3)cc2C1. The molecule has 3 aromatic heterocycles. The normalized spacial score (nSPS) is 13.1. The zero-order valence-corrected chi connectivity index (χ0v) is 18.1. The molecule has 1 N–H and O–H groups in total. The number of tetrazole rings is 1. The van der Waals surface area contributed by atoms with E-state index in [2.05, 4.69) is 30.8 Å². The number of nitrogens with zero attached hydrogens (tertiary/aromatic N) is 7. The van der Waals surface area contributed by atoms with Gasteiger partial charge in [0.25, 0.3) is 5.91 Å². The zero-order valence-electron chi connectivity index (χ0n) is 18.1. The third kappa shape index (κ3) is 4.41. The number of ether oxygens (including phenoxy) is 1. The van der Waals surface area contributed by atoms with Crippen LogP contribution in [0.5, 0.6) is 0 Å². The molecule has 4 heterocycles. The highest BCUT2D eigenvalue weighted by Gasteiger charge is 2.23. The number of nitrogens with one attached hydrogen (secondary N) is 1. The minimum atomic E-state index is -0.394. The van der Waals surface area contributed by atoms with E-state index in [0.717, 1.165) is 11.1 Å². The van der Waals surface area contributed by atoms with Crippen LogP contribution in [0.3, 0.4) is 0 Å². The maximum atomic E-state index is 12.8. The van der Waals surface area contributed by atoms with Gasteiger partial charge in [0.1, 0.15) is 17.2 Å². The quantitative estimate of drug-likeness (QED) is 0.646. The molecule has 1 aliphatic heterocycles. The van der Waals surface area contributed by atoms with Crippen LogP contribution in [0.15, 0.2) is 30.5 Å². The summed E-state index contributed by atoms with van der Waals surface area (Å²) in [5.74, 6) is 0.481. The van der Waals surface area contributed by atoms with Crippen molar-refractivity contribution in [3.05, 3.63) is 47.3 Å². The molecule has 0 unspecified atom stereocenters. The summed E-state index contributed by atoms with van der Waals surface area (Å²) in [7, 11) is 0. The molecule has 0 saturated carbocycles. The largest absolute Gasteiger partial charge is 0.450 e. The summed E-state index contributed by atoms with van der Waals surface area (Å²) >= 11 is 0. The van der Waals surface area contributed by atoms with Crippen molar-refractivity contribution in [3.8, 4) is 11.5 Å². The number of amides is 2. The summed E-state index contributed by atoms with van der Waals surface area (Å²) in [4.78, 5) is 35.3. The molecule has 0 spiro atoms. The van der Waals surface area contributed by atoms with Gasteiger partial charge in [0.05, 0.1) is 12.6 Å². The minimum Gasteiger partial charge on any atom is -0.450 e. The maximum Gasteiger partial charge on any atom is 0.410 e. The highest BCUT2D eigenvalue weighted by Crippen LogP contribution is 2.21. The molecule has 0 bridgehead atoms. The fourth-order valence-corrected chi connectivity index (χ4v) is 3.45. The Labute approximate surface area is 184 Å². The van der Waals surface area contributed by atoms with Crippen LogP contribution in [-0.2, 0) is 17.7 Å².